The van der Waals surface area contributed by atoms with Crippen molar-refractivity contribution in [2.24, 2.45) is 0 Å². The number of halogens is 3. The van der Waals surface area contributed by atoms with Gasteiger partial charge in [0.25, 0.3) is 0 Å². The van der Waals surface area contributed by atoms with E-state index in [0.29, 0.717) is 9.97 Å². The molecule has 0 spiro atoms. The Morgan fingerprint density at radius 1 is 1.05 bits per heavy atom. The standard InChI is InChI=1S/C11H14Cl3N5S/c12-11(13,14)9-17-19-8(15-16-10(19)20-9)7-18-5-3-1-2-4-6-18/h1-7H2. The first-order valence-corrected chi connectivity index (χ1v) is 8.50. The Kier molecular flexibility index (Phi) is 4.38. The molecule has 3 heterocycles. The first-order chi connectivity index (χ1) is 9.54. The van der Waals surface area contributed by atoms with E-state index in [4.69, 9.17) is 34.8 Å². The third kappa shape index (κ3) is 3.20. The molecule has 2 aromatic heterocycles. The highest BCUT2D eigenvalue weighted by Crippen LogP contribution is 2.40. The maximum atomic E-state index is 5.86. The molecule has 110 valence electrons. The topological polar surface area (TPSA) is 46.3 Å². The monoisotopic (exact) mass is 353 g/mol. The lowest BCUT2D eigenvalue weighted by molar-refractivity contribution is 0.268. The van der Waals surface area contributed by atoms with E-state index in [-0.39, 0.29) is 0 Å². The van der Waals surface area contributed by atoms with Crippen LogP contribution >= 0.6 is 46.1 Å². The second kappa shape index (κ2) is 5.93. The van der Waals surface area contributed by atoms with E-state index >= 15 is 0 Å². The second-order valence-corrected chi connectivity index (χ2v) is 8.14. The summed E-state index contributed by atoms with van der Waals surface area (Å²) in [6, 6.07) is 0. The molecule has 1 aliphatic heterocycles. The lowest BCUT2D eigenvalue weighted by Gasteiger charge is -2.17. The van der Waals surface area contributed by atoms with Crippen molar-refractivity contribution in [1.82, 2.24) is 24.7 Å². The zero-order chi connectivity index (χ0) is 14.2. The summed E-state index contributed by atoms with van der Waals surface area (Å²) in [5, 5.41) is 13.0. The average Bonchev–Trinajstić information content (AvgIpc) is 2.84. The molecular weight excluding hydrogens is 341 g/mol. The van der Waals surface area contributed by atoms with Crippen LogP contribution in [-0.2, 0) is 10.3 Å². The highest BCUT2D eigenvalue weighted by atomic mass is 35.6. The van der Waals surface area contributed by atoms with E-state index in [1.54, 1.807) is 4.52 Å². The van der Waals surface area contributed by atoms with E-state index in [0.717, 1.165) is 25.5 Å². The number of alkyl halides is 3. The molecule has 3 rings (SSSR count). The predicted octanol–water partition coefficient (Wildman–Crippen LogP) is 3.39. The SMILES string of the molecule is ClC(Cl)(Cl)c1nn2c(CN3CCCCCC3)nnc2s1. The van der Waals surface area contributed by atoms with Crippen LogP contribution in [0.5, 0.6) is 0 Å². The molecule has 2 aromatic rings. The number of rotatable bonds is 2. The van der Waals surface area contributed by atoms with Crippen LogP contribution in [0, 0.1) is 0 Å². The summed E-state index contributed by atoms with van der Waals surface area (Å²) in [5.41, 5.74) is 0. The number of aromatic nitrogens is 4. The summed E-state index contributed by atoms with van der Waals surface area (Å²) >= 11 is 18.8. The molecule has 0 aliphatic carbocycles. The first-order valence-electron chi connectivity index (χ1n) is 6.55. The Bertz CT molecular complexity index is 582. The van der Waals surface area contributed by atoms with Crippen LogP contribution in [0.15, 0.2) is 0 Å². The van der Waals surface area contributed by atoms with Gasteiger partial charge in [0, 0.05) is 0 Å². The van der Waals surface area contributed by atoms with Gasteiger partial charge < -0.3 is 0 Å². The molecule has 0 amide bonds. The van der Waals surface area contributed by atoms with E-state index in [9.17, 15) is 0 Å². The normalized spacial score (nSPS) is 18.6. The van der Waals surface area contributed by atoms with E-state index in [2.05, 4.69) is 20.2 Å². The molecule has 9 heteroatoms. The van der Waals surface area contributed by atoms with Crippen molar-refractivity contribution in [3.63, 3.8) is 0 Å². The lowest BCUT2D eigenvalue weighted by Crippen LogP contribution is -2.25. The van der Waals surface area contributed by atoms with Gasteiger partial charge in [0.15, 0.2) is 10.8 Å². The average molecular weight is 355 g/mol. The Hall–Kier alpha value is -0.140. The summed E-state index contributed by atoms with van der Waals surface area (Å²) < 4.78 is 0.179. The van der Waals surface area contributed by atoms with Crippen LogP contribution < -0.4 is 0 Å². The van der Waals surface area contributed by atoms with Gasteiger partial charge in [-0.15, -0.1) is 10.2 Å². The van der Waals surface area contributed by atoms with Crippen molar-refractivity contribution >= 4 is 51.1 Å². The molecule has 0 atom stereocenters. The molecule has 0 radical (unpaired) electrons. The van der Waals surface area contributed by atoms with Crippen LogP contribution in [0.1, 0.15) is 36.5 Å². The second-order valence-electron chi connectivity index (χ2n) is 4.91. The van der Waals surface area contributed by atoms with Crippen molar-refractivity contribution in [2.45, 2.75) is 36.0 Å². The van der Waals surface area contributed by atoms with Crippen LogP contribution in [0.4, 0.5) is 0 Å². The largest absolute Gasteiger partial charge is 0.296 e. The van der Waals surface area contributed by atoms with Crippen LogP contribution in [-0.4, -0.2) is 37.8 Å². The Morgan fingerprint density at radius 3 is 2.40 bits per heavy atom. The fourth-order valence-corrected chi connectivity index (χ4v) is 3.55. The quantitative estimate of drug-likeness (QED) is 0.776. The molecule has 0 N–H and O–H groups in total. The highest BCUT2D eigenvalue weighted by Gasteiger charge is 2.29. The number of nitrogens with zero attached hydrogens (tertiary/aromatic N) is 5. The van der Waals surface area contributed by atoms with Gasteiger partial charge in [0.1, 0.15) is 0 Å². The minimum Gasteiger partial charge on any atom is -0.296 e. The molecule has 5 nitrogen and oxygen atoms in total. The van der Waals surface area contributed by atoms with E-state index in [1.165, 1.54) is 37.0 Å². The molecule has 1 fully saturated rings. The van der Waals surface area contributed by atoms with Crippen molar-refractivity contribution in [2.75, 3.05) is 13.1 Å². The Morgan fingerprint density at radius 2 is 1.75 bits per heavy atom. The summed E-state index contributed by atoms with van der Waals surface area (Å²) in [6.07, 6.45) is 5.08. The molecule has 0 aromatic carbocycles. The zero-order valence-electron chi connectivity index (χ0n) is 10.7. The van der Waals surface area contributed by atoms with Gasteiger partial charge in [-0.05, 0) is 25.9 Å². The maximum Gasteiger partial charge on any atom is 0.243 e. The lowest BCUT2D eigenvalue weighted by atomic mass is 10.2. The smallest absolute Gasteiger partial charge is 0.243 e. The van der Waals surface area contributed by atoms with Gasteiger partial charge in [0.2, 0.25) is 8.75 Å². The van der Waals surface area contributed by atoms with Crippen LogP contribution in [0.3, 0.4) is 0 Å². The van der Waals surface area contributed by atoms with Crippen molar-refractivity contribution in [1.29, 1.82) is 0 Å². The van der Waals surface area contributed by atoms with Crippen molar-refractivity contribution in [3.05, 3.63) is 10.8 Å². The molecule has 20 heavy (non-hydrogen) atoms. The van der Waals surface area contributed by atoms with Gasteiger partial charge in [0.05, 0.1) is 6.54 Å². The third-order valence-corrected chi connectivity index (χ3v) is 5.25. The fraction of sp³-hybridized carbons (Fsp3) is 0.727. The minimum absolute atomic E-state index is 0.421. The number of hydrogen-bond donors (Lipinski definition) is 0. The third-order valence-electron chi connectivity index (χ3n) is 3.36. The van der Waals surface area contributed by atoms with Gasteiger partial charge in [-0.1, -0.05) is 59.0 Å². The van der Waals surface area contributed by atoms with Crippen LogP contribution in [0.25, 0.3) is 4.96 Å². The molecule has 0 unspecified atom stereocenters. The first kappa shape index (κ1) is 14.8. The molecule has 0 saturated carbocycles. The molecule has 1 saturated heterocycles. The number of hydrogen-bond acceptors (Lipinski definition) is 5. The minimum atomic E-state index is -1.51. The van der Waals surface area contributed by atoms with Crippen molar-refractivity contribution < 1.29 is 0 Å². The predicted molar refractivity (Wildman–Crippen MR) is 81.6 cm³/mol. The van der Waals surface area contributed by atoms with Crippen LogP contribution in [0.2, 0.25) is 0 Å². The summed E-state index contributed by atoms with van der Waals surface area (Å²) in [6.45, 7) is 2.93. The van der Waals surface area contributed by atoms with Gasteiger partial charge >= 0.3 is 0 Å². The molecule has 1 aliphatic rings. The maximum absolute atomic E-state index is 5.86. The van der Waals surface area contributed by atoms with Gasteiger partial charge in [-0.3, -0.25) is 4.90 Å². The van der Waals surface area contributed by atoms with E-state index < -0.39 is 3.79 Å². The highest BCUT2D eigenvalue weighted by molar-refractivity contribution is 7.17. The Labute approximate surface area is 135 Å². The van der Waals surface area contributed by atoms with Gasteiger partial charge in [-0.25, -0.2) is 0 Å². The summed E-state index contributed by atoms with van der Waals surface area (Å²) in [7, 11) is 0. The fourth-order valence-electron chi connectivity index (χ4n) is 2.36. The molecular formula is C11H14Cl3N5S. The Balaban J connectivity index is 1.82. The van der Waals surface area contributed by atoms with E-state index in [1.807, 2.05) is 0 Å². The number of likely N-dealkylation sites (tertiary alicyclic amines) is 1. The molecule has 0 bridgehead atoms. The summed E-state index contributed by atoms with van der Waals surface area (Å²) in [4.78, 5) is 3.05. The zero-order valence-corrected chi connectivity index (χ0v) is 13.8. The summed E-state index contributed by atoms with van der Waals surface area (Å²) in [5.74, 6) is 0.804. The van der Waals surface area contributed by atoms with Crippen molar-refractivity contribution in [3.8, 4) is 0 Å². The van der Waals surface area contributed by atoms with Gasteiger partial charge in [-0.2, -0.15) is 9.61 Å². The number of fused-ring (bicyclic) bond motifs is 1.